The van der Waals surface area contributed by atoms with E-state index in [-0.39, 0.29) is 18.0 Å². The molecular formula is C10H14FN3S. The molecule has 0 aromatic heterocycles. The lowest BCUT2D eigenvalue weighted by atomic mass is 10.2. The number of nitrogens with zero attached hydrogens (tertiary/aromatic N) is 1. The van der Waals surface area contributed by atoms with E-state index in [1.165, 1.54) is 11.8 Å². The molecule has 1 rings (SSSR count). The van der Waals surface area contributed by atoms with Crippen molar-refractivity contribution in [1.29, 1.82) is 0 Å². The normalized spacial score (nSPS) is 11.8. The van der Waals surface area contributed by atoms with Crippen LogP contribution in [0.2, 0.25) is 0 Å². The summed E-state index contributed by atoms with van der Waals surface area (Å²) in [5.74, 6) is 0.424. The second kappa shape index (κ2) is 5.72. The van der Waals surface area contributed by atoms with Gasteiger partial charge in [-0.05, 0) is 11.8 Å². The van der Waals surface area contributed by atoms with E-state index in [0.717, 1.165) is 5.75 Å². The molecule has 0 saturated heterocycles. The number of halogens is 1. The molecule has 1 aromatic rings. The monoisotopic (exact) mass is 227 g/mol. The molecule has 0 aliphatic rings. The Morgan fingerprint density at radius 3 is 2.87 bits per heavy atom. The lowest BCUT2D eigenvalue weighted by Crippen LogP contribution is -2.06. The van der Waals surface area contributed by atoms with E-state index >= 15 is 0 Å². The average Bonchev–Trinajstić information content (AvgIpc) is 2.21. The summed E-state index contributed by atoms with van der Waals surface area (Å²) >= 11 is 1.38. The van der Waals surface area contributed by atoms with Crippen LogP contribution in [0, 0.1) is 5.82 Å². The van der Waals surface area contributed by atoms with Gasteiger partial charge in [0.2, 0.25) is 0 Å². The van der Waals surface area contributed by atoms with Gasteiger partial charge < -0.3 is 11.5 Å². The first-order valence-corrected chi connectivity index (χ1v) is 5.62. The van der Waals surface area contributed by atoms with Gasteiger partial charge in [0.05, 0.1) is 0 Å². The first-order chi connectivity index (χ1) is 7.19. The third kappa shape index (κ3) is 3.21. The molecule has 0 radical (unpaired) electrons. The molecule has 0 aliphatic carbocycles. The maximum atomic E-state index is 13.6. The summed E-state index contributed by atoms with van der Waals surface area (Å²) in [6.45, 7) is 2.12. The third-order valence-corrected chi connectivity index (χ3v) is 2.48. The third-order valence-electron chi connectivity index (χ3n) is 1.80. The SMILES string of the molecule is CCSC(N)=Nc1cccc(CN)c1F. The number of amidine groups is 1. The fourth-order valence-electron chi connectivity index (χ4n) is 1.11. The summed E-state index contributed by atoms with van der Waals surface area (Å²) in [6, 6.07) is 4.93. The molecule has 15 heavy (non-hydrogen) atoms. The largest absolute Gasteiger partial charge is 0.378 e. The zero-order valence-electron chi connectivity index (χ0n) is 8.53. The zero-order chi connectivity index (χ0) is 11.3. The minimum absolute atomic E-state index is 0.163. The van der Waals surface area contributed by atoms with Crippen molar-refractivity contribution in [2.45, 2.75) is 13.5 Å². The van der Waals surface area contributed by atoms with Gasteiger partial charge in [-0.25, -0.2) is 9.38 Å². The molecule has 0 unspecified atom stereocenters. The van der Waals surface area contributed by atoms with Crippen molar-refractivity contribution in [3.63, 3.8) is 0 Å². The zero-order valence-corrected chi connectivity index (χ0v) is 9.35. The summed E-state index contributed by atoms with van der Waals surface area (Å²) in [6.07, 6.45) is 0. The molecule has 0 atom stereocenters. The Bertz CT molecular complexity index is 366. The second-order valence-corrected chi connectivity index (χ2v) is 4.12. The van der Waals surface area contributed by atoms with E-state index in [1.54, 1.807) is 18.2 Å². The van der Waals surface area contributed by atoms with Gasteiger partial charge in [0, 0.05) is 12.1 Å². The van der Waals surface area contributed by atoms with Crippen LogP contribution in [0.5, 0.6) is 0 Å². The van der Waals surface area contributed by atoms with Gasteiger partial charge in [0.1, 0.15) is 5.69 Å². The lowest BCUT2D eigenvalue weighted by Gasteiger charge is -2.03. The predicted octanol–water partition coefficient (Wildman–Crippen LogP) is 1.98. The topological polar surface area (TPSA) is 64.4 Å². The molecule has 82 valence electrons. The molecule has 0 amide bonds. The van der Waals surface area contributed by atoms with Gasteiger partial charge >= 0.3 is 0 Å². The summed E-state index contributed by atoms with van der Waals surface area (Å²) < 4.78 is 13.6. The molecule has 0 heterocycles. The summed E-state index contributed by atoms with van der Waals surface area (Å²) in [7, 11) is 0. The van der Waals surface area contributed by atoms with E-state index in [9.17, 15) is 4.39 Å². The quantitative estimate of drug-likeness (QED) is 0.613. The highest BCUT2D eigenvalue weighted by Gasteiger charge is 2.05. The molecule has 3 nitrogen and oxygen atoms in total. The Balaban J connectivity index is 2.99. The van der Waals surface area contributed by atoms with Crippen molar-refractivity contribution < 1.29 is 4.39 Å². The van der Waals surface area contributed by atoms with Crippen LogP contribution < -0.4 is 11.5 Å². The standard InChI is InChI=1S/C10H14FN3S/c1-2-15-10(13)14-8-5-3-4-7(6-12)9(8)11/h3-5H,2,6,12H2,1H3,(H2,13,14). The van der Waals surface area contributed by atoms with E-state index in [0.29, 0.717) is 10.7 Å². The minimum atomic E-state index is -0.389. The van der Waals surface area contributed by atoms with E-state index in [2.05, 4.69) is 4.99 Å². The van der Waals surface area contributed by atoms with Crippen molar-refractivity contribution in [1.82, 2.24) is 0 Å². The van der Waals surface area contributed by atoms with Crippen molar-refractivity contribution in [3.8, 4) is 0 Å². The summed E-state index contributed by atoms with van der Waals surface area (Å²) in [4.78, 5) is 3.98. The van der Waals surface area contributed by atoms with Gasteiger partial charge in [-0.15, -0.1) is 0 Å². The Hall–Kier alpha value is -1.07. The van der Waals surface area contributed by atoms with Crippen LogP contribution in [0.4, 0.5) is 10.1 Å². The van der Waals surface area contributed by atoms with E-state index in [1.807, 2.05) is 6.92 Å². The average molecular weight is 227 g/mol. The number of benzene rings is 1. The second-order valence-electron chi connectivity index (χ2n) is 2.84. The number of nitrogens with two attached hydrogens (primary N) is 2. The Morgan fingerprint density at radius 2 is 2.27 bits per heavy atom. The number of hydrogen-bond donors (Lipinski definition) is 2. The van der Waals surface area contributed by atoms with E-state index in [4.69, 9.17) is 11.5 Å². The molecule has 0 aliphatic heterocycles. The van der Waals surface area contributed by atoms with Crippen molar-refractivity contribution >= 4 is 22.6 Å². The summed E-state index contributed by atoms with van der Waals surface area (Å²) in [5, 5.41) is 0.366. The number of rotatable bonds is 3. The Morgan fingerprint density at radius 1 is 1.53 bits per heavy atom. The molecule has 0 saturated carbocycles. The maximum absolute atomic E-state index is 13.6. The van der Waals surface area contributed by atoms with Crippen LogP contribution in [0.15, 0.2) is 23.2 Å². The van der Waals surface area contributed by atoms with Crippen molar-refractivity contribution in [3.05, 3.63) is 29.6 Å². The van der Waals surface area contributed by atoms with Crippen LogP contribution in [0.1, 0.15) is 12.5 Å². The molecular weight excluding hydrogens is 213 g/mol. The van der Waals surface area contributed by atoms with Crippen LogP contribution in [-0.4, -0.2) is 10.9 Å². The molecule has 0 fully saturated rings. The highest BCUT2D eigenvalue weighted by molar-refractivity contribution is 8.13. The van der Waals surface area contributed by atoms with Crippen LogP contribution in [0.3, 0.4) is 0 Å². The summed E-state index contributed by atoms with van der Waals surface area (Å²) in [5.41, 5.74) is 11.7. The fraction of sp³-hybridized carbons (Fsp3) is 0.300. The molecule has 4 N–H and O–H groups in total. The number of aliphatic imine (C=N–C) groups is 1. The highest BCUT2D eigenvalue weighted by atomic mass is 32.2. The van der Waals surface area contributed by atoms with Crippen LogP contribution >= 0.6 is 11.8 Å². The number of thioether (sulfide) groups is 1. The van der Waals surface area contributed by atoms with Gasteiger partial charge in [-0.1, -0.05) is 30.8 Å². The molecule has 0 bridgehead atoms. The first-order valence-electron chi connectivity index (χ1n) is 4.63. The predicted molar refractivity (Wildman–Crippen MR) is 63.7 cm³/mol. The number of hydrogen-bond acceptors (Lipinski definition) is 3. The van der Waals surface area contributed by atoms with Crippen molar-refractivity contribution in [2.75, 3.05) is 5.75 Å². The van der Waals surface area contributed by atoms with Gasteiger partial charge in [0.15, 0.2) is 11.0 Å². The minimum Gasteiger partial charge on any atom is -0.378 e. The van der Waals surface area contributed by atoms with Gasteiger partial charge in [-0.2, -0.15) is 0 Å². The van der Waals surface area contributed by atoms with Crippen LogP contribution in [0.25, 0.3) is 0 Å². The van der Waals surface area contributed by atoms with Gasteiger partial charge in [-0.3, -0.25) is 0 Å². The maximum Gasteiger partial charge on any atom is 0.159 e. The molecule has 5 heteroatoms. The molecule has 1 aromatic carbocycles. The van der Waals surface area contributed by atoms with Crippen LogP contribution in [-0.2, 0) is 6.54 Å². The first kappa shape index (κ1) is 12.0. The van der Waals surface area contributed by atoms with Gasteiger partial charge in [0.25, 0.3) is 0 Å². The highest BCUT2D eigenvalue weighted by Crippen LogP contribution is 2.21. The Labute approximate surface area is 92.8 Å². The van der Waals surface area contributed by atoms with Crippen molar-refractivity contribution in [2.24, 2.45) is 16.5 Å². The fourth-order valence-corrected chi connectivity index (χ4v) is 1.57. The lowest BCUT2D eigenvalue weighted by molar-refractivity contribution is 0.613. The molecule has 0 spiro atoms. The Kier molecular flexibility index (Phi) is 4.58. The smallest absolute Gasteiger partial charge is 0.159 e. The van der Waals surface area contributed by atoms with E-state index < -0.39 is 0 Å².